The monoisotopic (exact) mass is 420 g/mol. The highest BCUT2D eigenvalue weighted by Gasteiger charge is 2.42. The van der Waals surface area contributed by atoms with Gasteiger partial charge in [0.15, 0.2) is 12.2 Å². The van der Waals surface area contributed by atoms with E-state index >= 15 is 0 Å². The molecule has 0 aliphatic carbocycles. The molecule has 0 aromatic carbocycles. The topological polar surface area (TPSA) is 275 Å². The summed E-state index contributed by atoms with van der Waals surface area (Å²) in [5.41, 5.74) is 0. The molecular formula is C12H22NO15+. The highest BCUT2D eigenvalue weighted by atomic mass is 17.0. The van der Waals surface area contributed by atoms with Crippen molar-refractivity contribution in [2.24, 2.45) is 0 Å². The average molecular weight is 420 g/mol. The molecule has 0 unspecified atom stereocenters. The average Bonchev–Trinajstić information content (AvgIpc) is 2.68. The molecule has 0 heterocycles. The number of rotatable bonds is 12. The molecule has 0 amide bonds. The van der Waals surface area contributed by atoms with Gasteiger partial charge in [0.2, 0.25) is 0 Å². The van der Waals surface area contributed by atoms with E-state index in [2.05, 4.69) is 9.68 Å². The maximum atomic E-state index is 11.4. The minimum Gasteiger partial charge on any atom is -0.394 e. The molecule has 0 spiro atoms. The van der Waals surface area contributed by atoms with Gasteiger partial charge in [0.05, 0.1) is 13.2 Å². The first-order chi connectivity index (χ1) is 12.9. The highest BCUT2D eigenvalue weighted by molar-refractivity contribution is 5.75. The van der Waals surface area contributed by atoms with Crippen LogP contribution in [0.1, 0.15) is 0 Å². The van der Waals surface area contributed by atoms with Crippen molar-refractivity contribution in [3.63, 3.8) is 0 Å². The summed E-state index contributed by atoms with van der Waals surface area (Å²) in [6.07, 6.45) is -18.5. The smallest absolute Gasteiger partial charge is 0.394 e. The standard InChI is InChI=1S/C12H22NO15/c14-1-3(16)5(18)7(20)9(22)11(24)27-13(26)28-12(25)10(23)8(21)6(19)4(17)2-15/h3-10,14-23H,1-2H2/q+1/t3-,4-,5-,6-,7+,8+,9-,10-/m1/s1. The largest absolute Gasteiger partial charge is 0.495 e. The Balaban J connectivity index is 4.74. The van der Waals surface area contributed by atoms with Crippen LogP contribution in [0.3, 0.4) is 0 Å². The van der Waals surface area contributed by atoms with Crippen molar-refractivity contribution in [2.45, 2.75) is 48.8 Å². The van der Waals surface area contributed by atoms with Crippen molar-refractivity contribution >= 4 is 11.9 Å². The number of carbonyl (C=O) groups excluding carboxylic acids is 2. The third-order valence-electron chi connectivity index (χ3n) is 3.32. The van der Waals surface area contributed by atoms with E-state index in [0.29, 0.717) is 0 Å². The maximum absolute atomic E-state index is 11.4. The molecular weight excluding hydrogens is 398 g/mol. The zero-order valence-corrected chi connectivity index (χ0v) is 14.0. The zero-order chi connectivity index (χ0) is 22.2. The van der Waals surface area contributed by atoms with Gasteiger partial charge in [-0.1, -0.05) is 0 Å². The van der Waals surface area contributed by atoms with Crippen LogP contribution in [0, 0.1) is 4.91 Å². The SMILES string of the molecule is O=C(O[N+](=O)OC(=O)[C@H](O)[C@@H](O)[C@H](O)[C@H](O)CO)[C@H](O)[C@@H](O)[C@H](O)[C@H](O)CO. The number of aliphatic hydroxyl groups is 10. The summed E-state index contributed by atoms with van der Waals surface area (Å²) in [4.78, 5) is 41.4. The van der Waals surface area contributed by atoms with Gasteiger partial charge >= 0.3 is 17.0 Å². The Hall–Kier alpha value is -1.86. The normalized spacial score (nSPS) is 20.1. The molecule has 16 heteroatoms. The van der Waals surface area contributed by atoms with Gasteiger partial charge in [0.1, 0.15) is 41.5 Å². The first kappa shape index (κ1) is 26.1. The molecule has 0 bridgehead atoms. The first-order valence-corrected chi connectivity index (χ1v) is 7.46. The van der Waals surface area contributed by atoms with Crippen LogP contribution in [0.5, 0.6) is 0 Å². The van der Waals surface area contributed by atoms with Crippen molar-refractivity contribution in [3.8, 4) is 0 Å². The van der Waals surface area contributed by atoms with E-state index in [-0.39, 0.29) is 0 Å². The summed E-state index contributed by atoms with van der Waals surface area (Å²) in [7, 11) is 0. The lowest BCUT2D eigenvalue weighted by Crippen LogP contribution is -2.50. The molecule has 10 N–H and O–H groups in total. The lowest BCUT2D eigenvalue weighted by molar-refractivity contribution is -0.946. The first-order valence-electron chi connectivity index (χ1n) is 7.46. The van der Waals surface area contributed by atoms with E-state index in [9.17, 15) is 45.1 Å². The Morgan fingerprint density at radius 2 is 0.929 bits per heavy atom. The minimum atomic E-state index is -2.65. The molecule has 0 aromatic heterocycles. The molecule has 0 aliphatic rings. The van der Waals surface area contributed by atoms with Gasteiger partial charge < -0.3 is 51.1 Å². The van der Waals surface area contributed by atoms with Crippen LogP contribution >= 0.6 is 0 Å². The molecule has 0 saturated carbocycles. The number of nitrogens with zero attached hydrogens (tertiary/aromatic N) is 1. The van der Waals surface area contributed by atoms with Crippen LogP contribution in [-0.4, -0.2) is 130 Å². The van der Waals surface area contributed by atoms with Gasteiger partial charge in [0, 0.05) is 0 Å². The molecule has 16 nitrogen and oxygen atoms in total. The predicted octanol–water partition coefficient (Wildman–Crippen LogP) is -7.45. The lowest BCUT2D eigenvalue weighted by atomic mass is 10.0. The van der Waals surface area contributed by atoms with Crippen molar-refractivity contribution in [1.82, 2.24) is 0 Å². The molecule has 28 heavy (non-hydrogen) atoms. The van der Waals surface area contributed by atoms with Crippen LogP contribution in [0.2, 0.25) is 0 Å². The van der Waals surface area contributed by atoms with Crippen molar-refractivity contribution in [1.29, 1.82) is 0 Å². The van der Waals surface area contributed by atoms with Crippen LogP contribution in [0.15, 0.2) is 0 Å². The molecule has 0 saturated heterocycles. The number of hydrogen-bond acceptors (Lipinski definition) is 15. The van der Waals surface area contributed by atoms with E-state index in [4.69, 9.17) is 20.4 Å². The predicted molar refractivity (Wildman–Crippen MR) is 78.0 cm³/mol. The second-order valence-electron chi connectivity index (χ2n) is 5.40. The summed E-state index contributed by atoms with van der Waals surface area (Å²) >= 11 is 0. The van der Waals surface area contributed by atoms with Crippen molar-refractivity contribution in [2.75, 3.05) is 13.2 Å². The summed E-state index contributed by atoms with van der Waals surface area (Å²) in [5, 5.41) is 90.2. The lowest BCUT2D eigenvalue weighted by Gasteiger charge is -2.23. The molecule has 0 radical (unpaired) electrons. The van der Waals surface area contributed by atoms with E-state index in [1.165, 1.54) is 0 Å². The molecule has 0 aromatic rings. The third-order valence-corrected chi connectivity index (χ3v) is 3.32. The molecule has 0 fully saturated rings. The fourth-order valence-corrected chi connectivity index (χ4v) is 1.60. The summed E-state index contributed by atoms with van der Waals surface area (Å²) in [6.45, 7) is -2.11. The van der Waals surface area contributed by atoms with Crippen molar-refractivity contribution < 1.29 is 75.4 Å². The van der Waals surface area contributed by atoms with Gasteiger partial charge in [-0.25, -0.2) is 9.59 Å². The van der Waals surface area contributed by atoms with E-state index < -0.39 is 79.1 Å². The Labute approximate surface area is 155 Å². The Morgan fingerprint density at radius 1 is 0.643 bits per heavy atom. The number of carbonyl (C=O) groups is 2. The summed E-state index contributed by atoms with van der Waals surface area (Å²) in [5.74, 6) is -3.99. The molecule has 0 aliphatic heterocycles. The molecule has 0 rings (SSSR count). The molecule has 8 atom stereocenters. The van der Waals surface area contributed by atoms with Crippen LogP contribution < -0.4 is 0 Å². The zero-order valence-electron chi connectivity index (χ0n) is 14.0. The van der Waals surface area contributed by atoms with Gasteiger partial charge in [-0.3, -0.25) is 0 Å². The Bertz CT molecular complexity index is 485. The number of aliphatic hydroxyl groups excluding tert-OH is 10. The summed E-state index contributed by atoms with van der Waals surface area (Å²) < 4.78 is 0. The molecule has 164 valence electrons. The van der Waals surface area contributed by atoms with E-state index in [1.54, 1.807) is 0 Å². The third kappa shape index (κ3) is 7.28. The second kappa shape index (κ2) is 11.9. The fraction of sp³-hybridized carbons (Fsp3) is 0.833. The highest BCUT2D eigenvalue weighted by Crippen LogP contribution is 2.09. The summed E-state index contributed by atoms with van der Waals surface area (Å²) in [6, 6.07) is 0. The Morgan fingerprint density at radius 3 is 1.18 bits per heavy atom. The van der Waals surface area contributed by atoms with Crippen LogP contribution in [-0.2, 0) is 19.3 Å². The quantitative estimate of drug-likeness (QED) is 0.131. The van der Waals surface area contributed by atoms with Crippen LogP contribution in [0.25, 0.3) is 0 Å². The fourth-order valence-electron chi connectivity index (χ4n) is 1.60. The van der Waals surface area contributed by atoms with Gasteiger partial charge in [-0.15, -0.1) is 9.68 Å². The second-order valence-corrected chi connectivity index (χ2v) is 5.40. The van der Waals surface area contributed by atoms with Gasteiger partial charge in [-0.2, -0.15) is 0 Å². The van der Waals surface area contributed by atoms with Crippen molar-refractivity contribution in [3.05, 3.63) is 4.91 Å². The van der Waals surface area contributed by atoms with Gasteiger partial charge in [0.25, 0.3) is 0 Å². The van der Waals surface area contributed by atoms with Crippen LogP contribution in [0.4, 0.5) is 0 Å². The Kier molecular flexibility index (Phi) is 11.1. The minimum absolute atomic E-state index is 1.05. The van der Waals surface area contributed by atoms with Gasteiger partial charge in [-0.05, 0) is 0 Å². The maximum Gasteiger partial charge on any atom is 0.495 e. The van der Waals surface area contributed by atoms with E-state index in [0.717, 1.165) is 0 Å². The van der Waals surface area contributed by atoms with E-state index in [1.807, 2.05) is 0 Å². The number of hydrogen-bond donors (Lipinski definition) is 10.